The minimum atomic E-state index is -3.31. The van der Waals surface area contributed by atoms with Crippen LogP contribution in [0.2, 0.25) is 0 Å². The third-order valence-corrected chi connectivity index (χ3v) is 3.16. The topological polar surface area (TPSA) is 82.0 Å². The Kier molecular flexibility index (Phi) is 3.88. The van der Waals surface area contributed by atoms with Gasteiger partial charge in [0.05, 0.1) is 6.10 Å². The normalized spacial score (nSPS) is 30.0. The molecule has 19 heavy (non-hydrogen) atoms. The van der Waals surface area contributed by atoms with Crippen LogP contribution in [0.1, 0.15) is 12.8 Å². The summed E-state index contributed by atoms with van der Waals surface area (Å²) in [5.41, 5.74) is 1.52. The molecular weight excluding hydrogens is 260 g/mol. The second-order valence-corrected chi connectivity index (χ2v) is 4.58. The quantitative estimate of drug-likeness (QED) is 0.625. The van der Waals surface area contributed by atoms with Gasteiger partial charge in [-0.1, -0.05) is 0 Å². The molecule has 1 aliphatic rings. The molecule has 2 rings (SSSR count). The molecule has 0 radical (unpaired) electrons. The highest BCUT2D eigenvalue weighted by atomic mass is 19.3. The molecule has 1 aromatic rings. The Morgan fingerprint density at radius 1 is 1.21 bits per heavy atom. The molecule has 0 heterocycles. The van der Waals surface area contributed by atoms with Crippen molar-refractivity contribution < 1.29 is 28.9 Å². The van der Waals surface area contributed by atoms with Crippen LogP contribution in [0.15, 0.2) is 24.3 Å². The number of phenols is 1. The number of benzene rings is 1. The first-order chi connectivity index (χ1) is 8.93. The van der Waals surface area contributed by atoms with E-state index in [1.807, 2.05) is 0 Å². The number of aliphatic hydroxyl groups excluding tert-OH is 1. The van der Waals surface area contributed by atoms with Gasteiger partial charge in [-0.3, -0.25) is 0 Å². The van der Waals surface area contributed by atoms with Crippen molar-refractivity contribution in [1.29, 1.82) is 0 Å². The van der Waals surface area contributed by atoms with Crippen LogP contribution in [0.5, 0.6) is 11.5 Å². The van der Waals surface area contributed by atoms with Crippen molar-refractivity contribution in [3.63, 3.8) is 0 Å². The third kappa shape index (κ3) is 2.94. The summed E-state index contributed by atoms with van der Waals surface area (Å²) in [6.07, 6.45) is -3.01. The molecule has 0 aromatic heterocycles. The first-order valence-corrected chi connectivity index (χ1v) is 5.84. The first kappa shape index (κ1) is 14.0. The average molecular weight is 275 g/mol. The summed E-state index contributed by atoms with van der Waals surface area (Å²) in [6.45, 7) is 0. The van der Waals surface area contributed by atoms with Crippen molar-refractivity contribution in [2.45, 2.75) is 37.0 Å². The van der Waals surface area contributed by atoms with Gasteiger partial charge in [-0.2, -0.15) is 5.48 Å². The number of hydrogen-bond donors (Lipinski definition) is 4. The van der Waals surface area contributed by atoms with Gasteiger partial charge >= 0.3 is 5.92 Å². The fourth-order valence-electron chi connectivity index (χ4n) is 2.11. The number of hydrogen-bond acceptors (Lipinski definition) is 5. The van der Waals surface area contributed by atoms with Crippen LogP contribution in [-0.2, 0) is 0 Å². The first-order valence-electron chi connectivity index (χ1n) is 5.84. The Hall–Kier alpha value is -1.44. The van der Waals surface area contributed by atoms with Crippen LogP contribution in [0.4, 0.5) is 8.78 Å². The van der Waals surface area contributed by atoms with Crippen molar-refractivity contribution in [2.75, 3.05) is 0 Å². The number of rotatable bonds is 3. The van der Waals surface area contributed by atoms with Gasteiger partial charge in [0.15, 0.2) is 6.10 Å². The number of phenolic OH excluding ortho intramolecular Hbond substituents is 1. The summed E-state index contributed by atoms with van der Waals surface area (Å²) in [5.74, 6) is -3.16. The van der Waals surface area contributed by atoms with Crippen molar-refractivity contribution in [3.05, 3.63) is 24.3 Å². The van der Waals surface area contributed by atoms with E-state index in [-0.39, 0.29) is 24.3 Å². The van der Waals surface area contributed by atoms with E-state index in [4.69, 9.17) is 15.1 Å². The average Bonchev–Trinajstić information content (AvgIpc) is 2.36. The summed E-state index contributed by atoms with van der Waals surface area (Å²) < 4.78 is 33.1. The van der Waals surface area contributed by atoms with E-state index in [1.54, 1.807) is 0 Å². The number of nitrogens with one attached hydrogen (secondary N) is 1. The molecule has 0 saturated heterocycles. The van der Waals surface area contributed by atoms with Crippen LogP contribution < -0.4 is 10.2 Å². The van der Waals surface area contributed by atoms with Gasteiger partial charge in [0.2, 0.25) is 0 Å². The second-order valence-electron chi connectivity index (χ2n) is 4.58. The Labute approximate surface area is 108 Å². The molecule has 0 amide bonds. The molecule has 5 nitrogen and oxygen atoms in total. The number of aliphatic hydroxyl groups is 1. The minimum absolute atomic E-state index is 0.00214. The van der Waals surface area contributed by atoms with Gasteiger partial charge < -0.3 is 20.2 Å². The van der Waals surface area contributed by atoms with E-state index in [9.17, 15) is 13.9 Å². The summed E-state index contributed by atoms with van der Waals surface area (Å²) in [5, 5.41) is 27.4. The monoisotopic (exact) mass is 275 g/mol. The van der Waals surface area contributed by atoms with Gasteiger partial charge in [0.25, 0.3) is 0 Å². The molecular formula is C12H15F2NO4. The van der Waals surface area contributed by atoms with Gasteiger partial charge in [0.1, 0.15) is 17.5 Å². The molecule has 4 N–H and O–H groups in total. The SMILES string of the molecule is ONC1C[C@H](O)CC(Oc2ccc(O)cc2)C1(F)F. The lowest BCUT2D eigenvalue weighted by molar-refractivity contribution is -0.180. The highest BCUT2D eigenvalue weighted by Gasteiger charge is 2.53. The van der Waals surface area contributed by atoms with Crippen molar-refractivity contribution in [3.8, 4) is 11.5 Å². The Morgan fingerprint density at radius 2 is 1.84 bits per heavy atom. The number of alkyl halides is 2. The van der Waals surface area contributed by atoms with E-state index in [0.29, 0.717) is 0 Å². The van der Waals surface area contributed by atoms with E-state index in [0.717, 1.165) is 0 Å². The maximum absolute atomic E-state index is 14.0. The van der Waals surface area contributed by atoms with Crippen molar-refractivity contribution >= 4 is 0 Å². The third-order valence-electron chi connectivity index (χ3n) is 3.16. The maximum Gasteiger partial charge on any atom is 0.301 e. The standard InChI is InChI=1S/C12H15F2NO4/c13-12(14)10(15-18)5-8(17)6-11(12)19-9-3-1-7(16)2-4-9/h1-4,8,10-11,15-18H,5-6H2/t8-,10?,11?/m0/s1. The molecule has 1 aliphatic carbocycles. The van der Waals surface area contributed by atoms with Crippen LogP contribution in [0.25, 0.3) is 0 Å². The zero-order valence-electron chi connectivity index (χ0n) is 9.96. The predicted molar refractivity (Wildman–Crippen MR) is 61.4 cm³/mol. The zero-order valence-corrected chi connectivity index (χ0v) is 9.96. The maximum atomic E-state index is 14.0. The van der Waals surface area contributed by atoms with Gasteiger partial charge in [-0.15, -0.1) is 0 Å². The largest absolute Gasteiger partial charge is 0.508 e. The Balaban J connectivity index is 2.15. The summed E-state index contributed by atoms with van der Waals surface area (Å²) in [4.78, 5) is 0. The van der Waals surface area contributed by atoms with Crippen LogP contribution in [-0.4, -0.2) is 39.6 Å². The summed E-state index contributed by atoms with van der Waals surface area (Å²) in [6, 6.07) is 3.78. The molecule has 7 heteroatoms. The fraction of sp³-hybridized carbons (Fsp3) is 0.500. The van der Waals surface area contributed by atoms with Crippen LogP contribution in [0.3, 0.4) is 0 Å². The molecule has 106 valence electrons. The number of halogens is 2. The van der Waals surface area contributed by atoms with Crippen molar-refractivity contribution in [1.82, 2.24) is 5.48 Å². The molecule has 1 fully saturated rings. The predicted octanol–water partition coefficient (Wildman–Crippen LogP) is 1.28. The van der Waals surface area contributed by atoms with Gasteiger partial charge in [-0.25, -0.2) is 8.78 Å². The lowest BCUT2D eigenvalue weighted by Gasteiger charge is -2.39. The lowest BCUT2D eigenvalue weighted by Crippen LogP contribution is -2.59. The number of ether oxygens (including phenoxy) is 1. The molecule has 0 bridgehead atoms. The lowest BCUT2D eigenvalue weighted by atomic mass is 9.87. The van der Waals surface area contributed by atoms with Gasteiger partial charge in [0, 0.05) is 6.42 Å². The summed E-state index contributed by atoms with van der Waals surface area (Å²) >= 11 is 0. The van der Waals surface area contributed by atoms with Crippen molar-refractivity contribution in [2.24, 2.45) is 0 Å². The zero-order chi connectivity index (χ0) is 14.0. The second kappa shape index (κ2) is 5.28. The highest BCUT2D eigenvalue weighted by Crippen LogP contribution is 2.36. The number of hydroxylamine groups is 1. The van der Waals surface area contributed by atoms with E-state index in [2.05, 4.69) is 0 Å². The molecule has 0 aliphatic heterocycles. The van der Waals surface area contributed by atoms with Crippen LogP contribution in [0, 0.1) is 0 Å². The Morgan fingerprint density at radius 3 is 2.42 bits per heavy atom. The molecule has 1 saturated carbocycles. The van der Waals surface area contributed by atoms with Crippen LogP contribution >= 0.6 is 0 Å². The Bertz CT molecular complexity index is 426. The molecule has 1 aromatic carbocycles. The van der Waals surface area contributed by atoms with Gasteiger partial charge in [-0.05, 0) is 30.7 Å². The summed E-state index contributed by atoms with van der Waals surface area (Å²) in [7, 11) is 0. The highest BCUT2D eigenvalue weighted by molar-refractivity contribution is 5.30. The molecule has 3 atom stereocenters. The van der Waals surface area contributed by atoms with E-state index in [1.165, 1.54) is 29.7 Å². The molecule has 0 spiro atoms. The smallest absolute Gasteiger partial charge is 0.301 e. The molecule has 2 unspecified atom stereocenters. The van der Waals surface area contributed by atoms with E-state index < -0.39 is 24.2 Å². The fourth-order valence-corrected chi connectivity index (χ4v) is 2.11. The van der Waals surface area contributed by atoms with E-state index >= 15 is 0 Å². The minimum Gasteiger partial charge on any atom is -0.508 e. The number of aromatic hydroxyl groups is 1.